The van der Waals surface area contributed by atoms with E-state index < -0.39 is 5.41 Å². The molecular formula is C13H15NO4. The average molecular weight is 249 g/mol. The number of rotatable bonds is 4. The maximum Gasteiger partial charge on any atom is 0.261 e. The van der Waals surface area contributed by atoms with Gasteiger partial charge in [-0.1, -0.05) is 19.1 Å². The summed E-state index contributed by atoms with van der Waals surface area (Å²) in [6, 6.07) is 6.60. The van der Waals surface area contributed by atoms with Crippen molar-refractivity contribution >= 4 is 11.8 Å². The van der Waals surface area contributed by atoms with Crippen molar-refractivity contribution in [3.05, 3.63) is 35.4 Å². The average Bonchev–Trinajstić information content (AvgIpc) is 2.64. The Kier molecular flexibility index (Phi) is 3.19. The highest BCUT2D eigenvalue weighted by Crippen LogP contribution is 2.26. The zero-order valence-electron chi connectivity index (χ0n) is 10.1. The van der Waals surface area contributed by atoms with E-state index in [0.29, 0.717) is 11.1 Å². The van der Waals surface area contributed by atoms with Gasteiger partial charge in [0.25, 0.3) is 11.8 Å². The van der Waals surface area contributed by atoms with Crippen LogP contribution in [0, 0.1) is 5.41 Å². The van der Waals surface area contributed by atoms with Crippen LogP contribution in [0.1, 0.15) is 27.6 Å². The number of carbonyl (C=O) groups is 2. The number of imide groups is 1. The monoisotopic (exact) mass is 249 g/mol. The van der Waals surface area contributed by atoms with Gasteiger partial charge < -0.3 is 10.2 Å². The summed E-state index contributed by atoms with van der Waals surface area (Å²) >= 11 is 0. The molecule has 0 bridgehead atoms. The molecule has 0 aliphatic carbocycles. The van der Waals surface area contributed by atoms with Crippen molar-refractivity contribution in [2.24, 2.45) is 5.41 Å². The van der Waals surface area contributed by atoms with Gasteiger partial charge in [0.05, 0.1) is 24.3 Å². The number of amides is 2. The first-order valence-corrected chi connectivity index (χ1v) is 5.69. The number of carbonyl (C=O) groups excluding carboxylic acids is 2. The van der Waals surface area contributed by atoms with Gasteiger partial charge in [0, 0.05) is 12.0 Å². The van der Waals surface area contributed by atoms with Crippen LogP contribution in [0.25, 0.3) is 0 Å². The smallest absolute Gasteiger partial charge is 0.261 e. The molecule has 2 rings (SSSR count). The van der Waals surface area contributed by atoms with Crippen molar-refractivity contribution < 1.29 is 19.8 Å². The highest BCUT2D eigenvalue weighted by molar-refractivity contribution is 6.21. The third-order valence-electron chi connectivity index (χ3n) is 3.18. The number of hydrogen-bond donors (Lipinski definition) is 2. The summed E-state index contributed by atoms with van der Waals surface area (Å²) in [5, 5.41) is 18.5. The fourth-order valence-electron chi connectivity index (χ4n) is 1.91. The molecular weight excluding hydrogens is 234 g/mol. The Balaban J connectivity index is 2.29. The van der Waals surface area contributed by atoms with Crippen LogP contribution in [0.2, 0.25) is 0 Å². The van der Waals surface area contributed by atoms with Crippen molar-refractivity contribution in [3.63, 3.8) is 0 Å². The molecule has 0 unspecified atom stereocenters. The third kappa shape index (κ3) is 1.91. The van der Waals surface area contributed by atoms with Gasteiger partial charge in [-0.05, 0) is 12.1 Å². The fraction of sp³-hybridized carbons (Fsp3) is 0.385. The zero-order valence-corrected chi connectivity index (χ0v) is 10.1. The molecule has 2 N–H and O–H groups in total. The highest BCUT2D eigenvalue weighted by atomic mass is 16.3. The molecule has 96 valence electrons. The molecule has 0 radical (unpaired) electrons. The first-order chi connectivity index (χ1) is 8.52. The van der Waals surface area contributed by atoms with Crippen LogP contribution in [-0.2, 0) is 0 Å². The highest BCUT2D eigenvalue weighted by Gasteiger charge is 2.39. The minimum atomic E-state index is -0.882. The molecule has 2 amide bonds. The van der Waals surface area contributed by atoms with Crippen LogP contribution < -0.4 is 0 Å². The third-order valence-corrected chi connectivity index (χ3v) is 3.18. The Morgan fingerprint density at radius 1 is 1.06 bits per heavy atom. The van der Waals surface area contributed by atoms with E-state index in [1.54, 1.807) is 31.2 Å². The molecule has 18 heavy (non-hydrogen) atoms. The van der Waals surface area contributed by atoms with Crippen LogP contribution in [0.4, 0.5) is 0 Å². The molecule has 0 saturated carbocycles. The minimum absolute atomic E-state index is 0.00630. The van der Waals surface area contributed by atoms with Gasteiger partial charge in [-0.25, -0.2) is 0 Å². The van der Waals surface area contributed by atoms with E-state index in [-0.39, 0.29) is 31.6 Å². The molecule has 1 heterocycles. The minimum Gasteiger partial charge on any atom is -0.396 e. The van der Waals surface area contributed by atoms with Crippen LogP contribution in [0.5, 0.6) is 0 Å². The van der Waals surface area contributed by atoms with E-state index >= 15 is 0 Å². The first kappa shape index (κ1) is 12.7. The molecule has 5 nitrogen and oxygen atoms in total. The van der Waals surface area contributed by atoms with E-state index in [0.717, 1.165) is 4.90 Å². The SMILES string of the molecule is CC(CO)(CO)CN1C(=O)c2ccccc2C1=O. The molecule has 1 aromatic carbocycles. The lowest BCUT2D eigenvalue weighted by atomic mass is 9.92. The van der Waals surface area contributed by atoms with Crippen molar-refractivity contribution in [1.29, 1.82) is 0 Å². The maximum absolute atomic E-state index is 12.1. The van der Waals surface area contributed by atoms with Crippen LogP contribution in [0.15, 0.2) is 24.3 Å². The van der Waals surface area contributed by atoms with E-state index in [1.807, 2.05) is 0 Å². The maximum atomic E-state index is 12.1. The summed E-state index contributed by atoms with van der Waals surface area (Å²) in [7, 11) is 0. The molecule has 1 aliphatic heterocycles. The molecule has 0 atom stereocenters. The first-order valence-electron chi connectivity index (χ1n) is 5.69. The summed E-state index contributed by atoms with van der Waals surface area (Å²) in [4.78, 5) is 25.2. The van der Waals surface area contributed by atoms with Crippen LogP contribution in [0.3, 0.4) is 0 Å². The van der Waals surface area contributed by atoms with E-state index in [9.17, 15) is 19.8 Å². The van der Waals surface area contributed by atoms with Gasteiger partial charge in [-0.3, -0.25) is 14.5 Å². The van der Waals surface area contributed by atoms with Gasteiger partial charge >= 0.3 is 0 Å². The largest absolute Gasteiger partial charge is 0.396 e. The molecule has 0 spiro atoms. The molecule has 5 heteroatoms. The quantitative estimate of drug-likeness (QED) is 0.751. The predicted octanol–water partition coefficient (Wildman–Crippen LogP) is 0.273. The predicted molar refractivity (Wildman–Crippen MR) is 64.1 cm³/mol. The Hall–Kier alpha value is -1.72. The number of nitrogens with zero attached hydrogens (tertiary/aromatic N) is 1. The van der Waals surface area contributed by atoms with Gasteiger partial charge in [0.1, 0.15) is 0 Å². The number of aliphatic hydroxyl groups is 2. The Labute approximate surface area is 105 Å². The van der Waals surface area contributed by atoms with Crippen molar-refractivity contribution in [2.75, 3.05) is 19.8 Å². The number of hydrogen-bond acceptors (Lipinski definition) is 4. The van der Waals surface area contributed by atoms with Crippen molar-refractivity contribution in [1.82, 2.24) is 4.90 Å². The Morgan fingerprint density at radius 2 is 1.50 bits per heavy atom. The lowest BCUT2D eigenvalue weighted by Crippen LogP contribution is -2.43. The number of fused-ring (bicyclic) bond motifs is 1. The Bertz CT molecular complexity index is 459. The number of aliphatic hydroxyl groups excluding tert-OH is 2. The number of benzene rings is 1. The fourth-order valence-corrected chi connectivity index (χ4v) is 1.91. The molecule has 0 saturated heterocycles. The second kappa shape index (κ2) is 4.51. The normalized spacial score (nSPS) is 15.2. The van der Waals surface area contributed by atoms with E-state index in [2.05, 4.69) is 0 Å². The summed E-state index contributed by atoms with van der Waals surface area (Å²) in [6.07, 6.45) is 0. The Morgan fingerprint density at radius 3 is 1.89 bits per heavy atom. The summed E-state index contributed by atoms with van der Waals surface area (Å²) in [5.74, 6) is -0.743. The topological polar surface area (TPSA) is 77.8 Å². The second-order valence-corrected chi connectivity index (χ2v) is 4.87. The summed E-state index contributed by atoms with van der Waals surface area (Å²) in [5.41, 5.74) is -0.130. The van der Waals surface area contributed by atoms with Gasteiger partial charge in [0.15, 0.2) is 0 Å². The molecule has 1 aromatic rings. The summed E-state index contributed by atoms with van der Waals surface area (Å²) < 4.78 is 0. The van der Waals surface area contributed by atoms with Gasteiger partial charge in [-0.2, -0.15) is 0 Å². The van der Waals surface area contributed by atoms with Crippen LogP contribution >= 0.6 is 0 Å². The molecule has 0 fully saturated rings. The lowest BCUT2D eigenvalue weighted by molar-refractivity contribution is 0.0308. The lowest BCUT2D eigenvalue weighted by Gasteiger charge is -2.28. The van der Waals surface area contributed by atoms with Gasteiger partial charge in [-0.15, -0.1) is 0 Å². The summed E-state index contributed by atoms with van der Waals surface area (Å²) in [6.45, 7) is 1.04. The zero-order chi connectivity index (χ0) is 13.3. The van der Waals surface area contributed by atoms with E-state index in [4.69, 9.17) is 0 Å². The van der Waals surface area contributed by atoms with E-state index in [1.165, 1.54) is 0 Å². The standard InChI is InChI=1S/C13H15NO4/c1-13(7-15,8-16)6-14-11(17)9-4-2-3-5-10(9)12(14)18/h2-5,15-16H,6-8H2,1H3. The second-order valence-electron chi connectivity index (χ2n) is 4.87. The molecule has 1 aliphatic rings. The van der Waals surface area contributed by atoms with Crippen molar-refractivity contribution in [3.8, 4) is 0 Å². The van der Waals surface area contributed by atoms with Crippen molar-refractivity contribution in [2.45, 2.75) is 6.92 Å². The van der Waals surface area contributed by atoms with Gasteiger partial charge in [0.2, 0.25) is 0 Å². The molecule has 0 aromatic heterocycles. The van der Waals surface area contributed by atoms with Crippen LogP contribution in [-0.4, -0.2) is 46.7 Å².